The second kappa shape index (κ2) is 5.36. The second-order valence-electron chi connectivity index (χ2n) is 4.39. The molecule has 6 heteroatoms. The summed E-state index contributed by atoms with van der Waals surface area (Å²) in [4.78, 5) is 0. The van der Waals surface area contributed by atoms with Crippen molar-refractivity contribution in [2.24, 2.45) is 0 Å². The van der Waals surface area contributed by atoms with Crippen molar-refractivity contribution in [3.05, 3.63) is 52.0 Å². The quantitative estimate of drug-likeness (QED) is 0.743. The molecule has 0 spiro atoms. The van der Waals surface area contributed by atoms with Crippen molar-refractivity contribution in [1.82, 2.24) is 0 Å². The summed E-state index contributed by atoms with van der Waals surface area (Å²) in [6.45, 7) is 1.84. The van der Waals surface area contributed by atoms with Gasteiger partial charge in [-0.1, -0.05) is 0 Å². The third-order valence-corrected chi connectivity index (χ3v) is 3.53. The molecule has 0 aliphatic carbocycles. The van der Waals surface area contributed by atoms with Gasteiger partial charge in [0.1, 0.15) is 0 Å². The highest BCUT2D eigenvalue weighted by Crippen LogP contribution is 2.35. The SMILES string of the molecule is Cc1cc(Nc2cc(C(F)(F)F)ccc2Br)ccc1N. The van der Waals surface area contributed by atoms with Crippen LogP contribution in [-0.2, 0) is 6.18 Å². The van der Waals surface area contributed by atoms with Crippen LogP contribution in [0.2, 0.25) is 0 Å². The normalized spacial score (nSPS) is 11.4. The zero-order chi connectivity index (χ0) is 14.9. The van der Waals surface area contributed by atoms with Crippen molar-refractivity contribution in [2.45, 2.75) is 13.1 Å². The molecule has 0 saturated carbocycles. The molecule has 2 rings (SSSR count). The molecule has 0 atom stereocenters. The lowest BCUT2D eigenvalue weighted by Gasteiger charge is -2.13. The Morgan fingerprint density at radius 3 is 2.40 bits per heavy atom. The number of halogens is 4. The van der Waals surface area contributed by atoms with E-state index in [9.17, 15) is 13.2 Å². The fourth-order valence-corrected chi connectivity index (χ4v) is 2.05. The smallest absolute Gasteiger partial charge is 0.399 e. The fourth-order valence-electron chi connectivity index (χ4n) is 1.71. The molecule has 3 N–H and O–H groups in total. The summed E-state index contributed by atoms with van der Waals surface area (Å²) in [7, 11) is 0. The van der Waals surface area contributed by atoms with E-state index in [0.717, 1.165) is 17.7 Å². The lowest BCUT2D eigenvalue weighted by molar-refractivity contribution is -0.137. The van der Waals surface area contributed by atoms with E-state index >= 15 is 0 Å². The van der Waals surface area contributed by atoms with Crippen molar-refractivity contribution < 1.29 is 13.2 Å². The van der Waals surface area contributed by atoms with Gasteiger partial charge >= 0.3 is 6.18 Å². The number of benzene rings is 2. The number of alkyl halides is 3. The molecule has 0 aliphatic heterocycles. The number of hydrogen-bond donors (Lipinski definition) is 2. The van der Waals surface area contributed by atoms with Gasteiger partial charge in [0.05, 0.1) is 11.3 Å². The van der Waals surface area contributed by atoms with Crippen LogP contribution >= 0.6 is 15.9 Å². The van der Waals surface area contributed by atoms with Crippen LogP contribution < -0.4 is 11.1 Å². The first kappa shape index (κ1) is 14.7. The van der Waals surface area contributed by atoms with Gasteiger partial charge in [0, 0.05) is 15.8 Å². The van der Waals surface area contributed by atoms with Gasteiger partial charge in [0.25, 0.3) is 0 Å². The first-order valence-electron chi connectivity index (χ1n) is 5.77. The van der Waals surface area contributed by atoms with Crippen LogP contribution in [0.4, 0.5) is 30.2 Å². The monoisotopic (exact) mass is 344 g/mol. The van der Waals surface area contributed by atoms with Gasteiger partial charge in [-0.15, -0.1) is 0 Å². The average Bonchev–Trinajstić information content (AvgIpc) is 2.35. The summed E-state index contributed by atoms with van der Waals surface area (Å²) in [5.41, 5.74) is 7.53. The van der Waals surface area contributed by atoms with Gasteiger partial charge in [-0.3, -0.25) is 0 Å². The molecular formula is C14H12BrF3N2. The lowest BCUT2D eigenvalue weighted by Crippen LogP contribution is -2.05. The molecule has 0 unspecified atom stereocenters. The highest BCUT2D eigenvalue weighted by Gasteiger charge is 2.30. The largest absolute Gasteiger partial charge is 0.416 e. The molecule has 0 aliphatic rings. The fraction of sp³-hybridized carbons (Fsp3) is 0.143. The number of anilines is 3. The molecule has 0 saturated heterocycles. The maximum absolute atomic E-state index is 12.7. The van der Waals surface area contributed by atoms with Gasteiger partial charge in [0.15, 0.2) is 0 Å². The maximum atomic E-state index is 12.7. The number of rotatable bonds is 2. The molecule has 2 aromatic rings. The standard InChI is InChI=1S/C14H12BrF3N2/c1-8-6-10(3-5-12(8)19)20-13-7-9(14(16,17)18)2-4-11(13)15/h2-7,20H,19H2,1H3. The van der Waals surface area contributed by atoms with Crippen molar-refractivity contribution in [1.29, 1.82) is 0 Å². The Morgan fingerprint density at radius 1 is 1.10 bits per heavy atom. The van der Waals surface area contributed by atoms with Crippen LogP contribution in [0.5, 0.6) is 0 Å². The molecule has 20 heavy (non-hydrogen) atoms. The third kappa shape index (κ3) is 3.25. The molecule has 0 bridgehead atoms. The Hall–Kier alpha value is -1.69. The maximum Gasteiger partial charge on any atom is 0.416 e. The number of aryl methyl sites for hydroxylation is 1. The zero-order valence-electron chi connectivity index (χ0n) is 10.6. The van der Waals surface area contributed by atoms with Crippen LogP contribution in [0.15, 0.2) is 40.9 Å². The van der Waals surface area contributed by atoms with E-state index in [-0.39, 0.29) is 0 Å². The van der Waals surface area contributed by atoms with Gasteiger partial charge in [-0.05, 0) is 64.8 Å². The molecule has 2 aromatic carbocycles. The average molecular weight is 345 g/mol. The Balaban J connectivity index is 2.35. The van der Waals surface area contributed by atoms with Crippen LogP contribution in [0.3, 0.4) is 0 Å². The van der Waals surface area contributed by atoms with Gasteiger partial charge < -0.3 is 11.1 Å². The summed E-state index contributed by atoms with van der Waals surface area (Å²) in [5.74, 6) is 0. The van der Waals surface area contributed by atoms with Gasteiger partial charge in [0.2, 0.25) is 0 Å². The highest BCUT2D eigenvalue weighted by molar-refractivity contribution is 9.10. The molecule has 0 fully saturated rings. The molecule has 0 radical (unpaired) electrons. The molecule has 106 valence electrons. The predicted molar refractivity (Wildman–Crippen MR) is 78.0 cm³/mol. The minimum absolute atomic E-state index is 0.351. The number of nitrogens with two attached hydrogens (primary N) is 1. The number of nitrogen functional groups attached to an aromatic ring is 1. The van der Waals surface area contributed by atoms with E-state index in [1.807, 2.05) is 6.92 Å². The van der Waals surface area contributed by atoms with Crippen LogP contribution in [0.25, 0.3) is 0 Å². The second-order valence-corrected chi connectivity index (χ2v) is 5.24. The summed E-state index contributed by atoms with van der Waals surface area (Å²) in [5, 5.41) is 2.95. The van der Waals surface area contributed by atoms with Crippen LogP contribution in [-0.4, -0.2) is 0 Å². The Morgan fingerprint density at radius 2 is 1.80 bits per heavy atom. The Labute approximate surface area is 122 Å². The van der Waals surface area contributed by atoms with Crippen LogP contribution in [0.1, 0.15) is 11.1 Å². The number of nitrogens with one attached hydrogen (secondary N) is 1. The summed E-state index contributed by atoms with van der Waals surface area (Å²) in [6.07, 6.45) is -4.37. The first-order valence-corrected chi connectivity index (χ1v) is 6.56. The lowest BCUT2D eigenvalue weighted by atomic mass is 10.1. The van der Waals surface area contributed by atoms with E-state index in [0.29, 0.717) is 21.5 Å². The Kier molecular flexibility index (Phi) is 3.94. The summed E-state index contributed by atoms with van der Waals surface area (Å²) in [6, 6.07) is 8.67. The van der Waals surface area contributed by atoms with E-state index in [2.05, 4.69) is 21.2 Å². The van der Waals surface area contributed by atoms with E-state index in [4.69, 9.17) is 5.73 Å². The van der Waals surface area contributed by atoms with Crippen molar-refractivity contribution in [3.63, 3.8) is 0 Å². The van der Waals surface area contributed by atoms with E-state index in [1.165, 1.54) is 6.07 Å². The van der Waals surface area contributed by atoms with Crippen molar-refractivity contribution >= 4 is 33.0 Å². The molecule has 0 aromatic heterocycles. The zero-order valence-corrected chi connectivity index (χ0v) is 12.1. The minimum atomic E-state index is -4.37. The van der Waals surface area contributed by atoms with Crippen LogP contribution in [0, 0.1) is 6.92 Å². The van der Waals surface area contributed by atoms with E-state index in [1.54, 1.807) is 18.2 Å². The summed E-state index contributed by atoms with van der Waals surface area (Å²) < 4.78 is 38.6. The topological polar surface area (TPSA) is 38.0 Å². The van der Waals surface area contributed by atoms with Crippen molar-refractivity contribution in [2.75, 3.05) is 11.1 Å². The van der Waals surface area contributed by atoms with E-state index < -0.39 is 11.7 Å². The predicted octanol–water partition coefficient (Wildman–Crippen LogP) is 5.10. The first-order chi connectivity index (χ1) is 9.27. The van der Waals surface area contributed by atoms with Gasteiger partial charge in [-0.2, -0.15) is 13.2 Å². The van der Waals surface area contributed by atoms with Gasteiger partial charge in [-0.25, -0.2) is 0 Å². The number of hydrogen-bond acceptors (Lipinski definition) is 2. The Bertz CT molecular complexity index is 639. The summed E-state index contributed by atoms with van der Waals surface area (Å²) >= 11 is 3.23. The van der Waals surface area contributed by atoms with Crippen molar-refractivity contribution in [3.8, 4) is 0 Å². The molecule has 0 heterocycles. The molecule has 0 amide bonds. The molecular weight excluding hydrogens is 333 g/mol. The molecule has 2 nitrogen and oxygen atoms in total. The highest BCUT2D eigenvalue weighted by atomic mass is 79.9. The third-order valence-electron chi connectivity index (χ3n) is 2.84. The minimum Gasteiger partial charge on any atom is -0.399 e.